The van der Waals surface area contributed by atoms with Crippen LogP contribution in [-0.2, 0) is 6.54 Å². The number of hydrogen-bond donors (Lipinski definition) is 2. The van der Waals surface area contributed by atoms with Gasteiger partial charge >= 0.3 is 0 Å². The number of pyridine rings is 1. The zero-order valence-electron chi connectivity index (χ0n) is 30.6. The number of benzene rings is 2. The summed E-state index contributed by atoms with van der Waals surface area (Å²) in [6.07, 6.45) is 9.64. The minimum absolute atomic E-state index is 0.00722. The van der Waals surface area contributed by atoms with Crippen LogP contribution in [0.25, 0.3) is 22.3 Å². The van der Waals surface area contributed by atoms with Gasteiger partial charge in [0.2, 0.25) is 5.95 Å². The van der Waals surface area contributed by atoms with Gasteiger partial charge in [-0.3, -0.25) is 15.1 Å². The fourth-order valence-electron chi connectivity index (χ4n) is 7.96. The molecule has 0 bridgehead atoms. The van der Waals surface area contributed by atoms with E-state index in [0.717, 1.165) is 70.8 Å². The Bertz CT molecular complexity index is 2060. The van der Waals surface area contributed by atoms with E-state index in [0.29, 0.717) is 28.8 Å². The predicted octanol–water partition coefficient (Wildman–Crippen LogP) is 6.47. The lowest BCUT2D eigenvalue weighted by Crippen LogP contribution is -2.53. The number of fused-ring (bicyclic) bond motifs is 1. The molecule has 0 radical (unpaired) electrons. The van der Waals surface area contributed by atoms with Crippen molar-refractivity contribution in [2.45, 2.75) is 52.2 Å². The van der Waals surface area contributed by atoms with Crippen LogP contribution >= 0.6 is 0 Å². The molecule has 8 rings (SSSR count). The average Bonchev–Trinajstić information content (AvgIpc) is 3.53. The summed E-state index contributed by atoms with van der Waals surface area (Å²) >= 11 is 0. The molecule has 3 aliphatic heterocycles. The van der Waals surface area contributed by atoms with Gasteiger partial charge in [0.05, 0.1) is 18.4 Å². The summed E-state index contributed by atoms with van der Waals surface area (Å²) in [6.45, 7) is 14.8. The average molecular weight is 720 g/mol. The standard InChI is InChI=1S/C40H47F2N11/c1-27(2)53-28(3)46-39-34(41)21-30(22-36(39)53)38-35(42)24-45-40(48-38)47-37-10-5-29(23-44-37)25-49-17-19-51(20-18-49)33-11-15-50(16-12-33)31-6-8-32(9-7-31)52-14-4-13-43-26-52/h4-10,14,21-24,27,33,43H,11-13,15-20,25-26H2,1-3H3,(H,44,45,47,48). The summed E-state index contributed by atoms with van der Waals surface area (Å²) in [6, 6.07) is 16.6. The fraction of sp³-hybridized carbons (Fsp3) is 0.400. The van der Waals surface area contributed by atoms with E-state index in [4.69, 9.17) is 0 Å². The van der Waals surface area contributed by atoms with Crippen LogP contribution in [0.15, 0.2) is 73.2 Å². The lowest BCUT2D eigenvalue weighted by atomic mass is 10.0. The summed E-state index contributed by atoms with van der Waals surface area (Å²) in [5.74, 6) is 0.264. The Labute approximate surface area is 309 Å². The zero-order valence-corrected chi connectivity index (χ0v) is 30.6. The number of piperazine rings is 1. The minimum atomic E-state index is -0.638. The first-order valence-corrected chi connectivity index (χ1v) is 18.7. The van der Waals surface area contributed by atoms with Crippen molar-refractivity contribution >= 4 is 34.2 Å². The van der Waals surface area contributed by atoms with Crippen LogP contribution in [0.2, 0.25) is 0 Å². The van der Waals surface area contributed by atoms with Gasteiger partial charge in [-0.1, -0.05) is 12.1 Å². The van der Waals surface area contributed by atoms with Gasteiger partial charge in [0, 0.05) is 93.8 Å². The van der Waals surface area contributed by atoms with Crippen molar-refractivity contribution in [3.8, 4) is 11.3 Å². The van der Waals surface area contributed by atoms with E-state index in [2.05, 4.69) is 86.7 Å². The minimum Gasteiger partial charge on any atom is -0.371 e. The Morgan fingerprint density at radius 2 is 1.64 bits per heavy atom. The van der Waals surface area contributed by atoms with E-state index >= 15 is 8.78 Å². The normalized spacial score (nSPS) is 17.7. The van der Waals surface area contributed by atoms with Crippen molar-refractivity contribution in [3.05, 3.63) is 96.2 Å². The van der Waals surface area contributed by atoms with Crippen LogP contribution in [0.5, 0.6) is 0 Å². The molecule has 0 unspecified atom stereocenters. The lowest BCUT2D eigenvalue weighted by molar-refractivity contribution is 0.0811. The maximum Gasteiger partial charge on any atom is 0.229 e. The molecule has 0 saturated carbocycles. The Hall–Kier alpha value is -4.98. The molecule has 0 atom stereocenters. The third kappa shape index (κ3) is 7.59. The van der Waals surface area contributed by atoms with Crippen molar-refractivity contribution in [1.82, 2.24) is 39.6 Å². The molecular weight excluding hydrogens is 673 g/mol. The number of halogens is 2. The second kappa shape index (κ2) is 15.2. The first kappa shape index (κ1) is 35.1. The molecule has 0 amide bonds. The van der Waals surface area contributed by atoms with Gasteiger partial charge in [-0.25, -0.2) is 28.7 Å². The number of anilines is 4. The molecule has 276 valence electrons. The molecule has 11 nitrogen and oxygen atoms in total. The maximum atomic E-state index is 15.1. The van der Waals surface area contributed by atoms with Crippen molar-refractivity contribution in [3.63, 3.8) is 0 Å². The molecule has 3 aromatic heterocycles. The van der Waals surface area contributed by atoms with Crippen LogP contribution in [-0.4, -0.2) is 92.8 Å². The van der Waals surface area contributed by atoms with Crippen molar-refractivity contribution in [1.29, 1.82) is 0 Å². The van der Waals surface area contributed by atoms with E-state index in [1.165, 1.54) is 30.3 Å². The monoisotopic (exact) mass is 719 g/mol. The summed E-state index contributed by atoms with van der Waals surface area (Å²) < 4.78 is 32.1. The number of rotatable bonds is 9. The first-order valence-electron chi connectivity index (χ1n) is 18.7. The number of hydrogen-bond acceptors (Lipinski definition) is 10. The van der Waals surface area contributed by atoms with E-state index in [1.54, 1.807) is 6.07 Å². The molecular formula is C40H47F2N11. The van der Waals surface area contributed by atoms with Gasteiger partial charge in [0.25, 0.3) is 0 Å². The van der Waals surface area contributed by atoms with Gasteiger partial charge < -0.3 is 19.7 Å². The number of aromatic nitrogens is 5. The highest BCUT2D eigenvalue weighted by Crippen LogP contribution is 2.31. The van der Waals surface area contributed by atoms with Crippen molar-refractivity contribution < 1.29 is 8.78 Å². The number of aryl methyl sites for hydroxylation is 1. The van der Waals surface area contributed by atoms with Crippen LogP contribution < -0.4 is 20.4 Å². The van der Waals surface area contributed by atoms with Gasteiger partial charge in [0.1, 0.15) is 22.9 Å². The molecule has 2 fully saturated rings. The Kier molecular flexibility index (Phi) is 10.0. The van der Waals surface area contributed by atoms with Gasteiger partial charge in [-0.2, -0.15) is 0 Å². The smallest absolute Gasteiger partial charge is 0.229 e. The molecule has 2 aromatic carbocycles. The summed E-state index contributed by atoms with van der Waals surface area (Å²) in [5, 5.41) is 6.47. The quantitative estimate of drug-likeness (QED) is 0.177. The zero-order chi connectivity index (χ0) is 36.5. The number of imidazole rings is 1. The highest BCUT2D eigenvalue weighted by Gasteiger charge is 2.28. The summed E-state index contributed by atoms with van der Waals surface area (Å²) in [7, 11) is 0. The second-order valence-electron chi connectivity index (χ2n) is 14.5. The second-order valence-corrected chi connectivity index (χ2v) is 14.5. The Morgan fingerprint density at radius 1 is 0.868 bits per heavy atom. The highest BCUT2D eigenvalue weighted by atomic mass is 19.1. The van der Waals surface area contributed by atoms with Gasteiger partial charge in [-0.15, -0.1) is 0 Å². The Morgan fingerprint density at radius 3 is 2.34 bits per heavy atom. The maximum absolute atomic E-state index is 15.1. The van der Waals surface area contributed by atoms with Crippen molar-refractivity contribution in [2.24, 2.45) is 0 Å². The van der Waals surface area contributed by atoms with Gasteiger partial charge in [0.15, 0.2) is 11.6 Å². The summed E-state index contributed by atoms with van der Waals surface area (Å²) in [5.41, 5.74) is 4.84. The first-order chi connectivity index (χ1) is 25.8. The van der Waals surface area contributed by atoms with Crippen molar-refractivity contribution in [2.75, 3.05) is 67.6 Å². The third-order valence-corrected chi connectivity index (χ3v) is 10.7. The largest absolute Gasteiger partial charge is 0.371 e. The number of nitrogens with one attached hydrogen (secondary N) is 2. The topological polar surface area (TPSA) is 93.5 Å². The molecule has 2 saturated heterocycles. The van der Waals surface area contributed by atoms with Crippen LogP contribution in [0.1, 0.15) is 44.1 Å². The van der Waals surface area contributed by atoms with Crippen LogP contribution in [0.4, 0.5) is 31.9 Å². The number of nitrogens with zero attached hydrogens (tertiary/aromatic N) is 9. The molecule has 6 heterocycles. The van der Waals surface area contributed by atoms with E-state index in [9.17, 15) is 0 Å². The molecule has 0 spiro atoms. The molecule has 13 heteroatoms. The fourth-order valence-corrected chi connectivity index (χ4v) is 7.96. The van der Waals surface area contributed by atoms with E-state index < -0.39 is 11.6 Å². The van der Waals surface area contributed by atoms with Crippen LogP contribution in [0, 0.1) is 18.6 Å². The molecule has 2 N–H and O–H groups in total. The van der Waals surface area contributed by atoms with E-state index in [1.807, 2.05) is 43.7 Å². The Balaban J connectivity index is 0.828. The summed E-state index contributed by atoms with van der Waals surface area (Å²) in [4.78, 5) is 27.5. The highest BCUT2D eigenvalue weighted by molar-refractivity contribution is 5.83. The van der Waals surface area contributed by atoms with Crippen LogP contribution in [0.3, 0.4) is 0 Å². The van der Waals surface area contributed by atoms with Gasteiger partial charge in [-0.05, 0) is 81.6 Å². The molecule has 3 aliphatic rings. The number of piperidine rings is 1. The van der Waals surface area contributed by atoms with E-state index in [-0.39, 0.29) is 23.2 Å². The third-order valence-electron chi connectivity index (χ3n) is 10.7. The molecule has 5 aromatic rings. The molecule has 0 aliphatic carbocycles. The SMILES string of the molecule is Cc1nc2c(F)cc(-c3nc(Nc4ccc(CN5CCN(C6CCN(c7ccc(N8C=CCNC8)cc7)CC6)CC5)cn4)ncc3F)cc2n1C(C)C. The lowest BCUT2D eigenvalue weighted by Gasteiger charge is -2.43. The predicted molar refractivity (Wildman–Crippen MR) is 206 cm³/mol. The molecule has 53 heavy (non-hydrogen) atoms.